The molecule has 1 fully saturated rings. The molecule has 1 heterocycles. The maximum atomic E-state index is 12.8. The minimum Gasteiger partial charge on any atom is -0.493 e. The summed E-state index contributed by atoms with van der Waals surface area (Å²) in [5.74, 6) is 0.322. The summed E-state index contributed by atoms with van der Waals surface area (Å²) in [6.07, 6.45) is 4.06. The lowest BCUT2D eigenvalue weighted by molar-refractivity contribution is -0.120. The molecule has 1 aromatic carbocycles. The molecule has 0 spiro atoms. The average molecular weight is 336 g/mol. The van der Waals surface area contributed by atoms with Gasteiger partial charge < -0.3 is 20.5 Å². The highest BCUT2D eigenvalue weighted by atomic mass is 19.1. The quantitative estimate of drug-likeness (QED) is 0.474. The third-order valence-electron chi connectivity index (χ3n) is 3.88. The van der Waals surface area contributed by atoms with Crippen molar-refractivity contribution in [2.45, 2.75) is 18.9 Å². The standard InChI is InChI=1S/C17H22FN3O3/c18-14-2-5-15(6-3-14)23-10-12-1-4-16(24-11-12)9-21-17(22)13(7-19)8-20/h2-3,5-8,12,16,19H,1,4,9-11,20H2,(H,21,22)/p+1. The van der Waals surface area contributed by atoms with Gasteiger partial charge in [-0.1, -0.05) is 0 Å². The van der Waals surface area contributed by atoms with Crippen LogP contribution in [0.4, 0.5) is 4.39 Å². The van der Waals surface area contributed by atoms with Crippen molar-refractivity contribution in [3.8, 4) is 5.75 Å². The van der Waals surface area contributed by atoms with Gasteiger partial charge in [0.15, 0.2) is 6.21 Å². The molecule has 7 heteroatoms. The van der Waals surface area contributed by atoms with Gasteiger partial charge in [-0.05, 0) is 37.1 Å². The van der Waals surface area contributed by atoms with Crippen molar-refractivity contribution < 1.29 is 24.1 Å². The molecule has 130 valence electrons. The Hall–Kier alpha value is -2.41. The van der Waals surface area contributed by atoms with E-state index in [0.29, 0.717) is 25.5 Å². The van der Waals surface area contributed by atoms with Crippen LogP contribution in [0.1, 0.15) is 12.8 Å². The molecule has 0 radical (unpaired) electrons. The second-order valence-electron chi connectivity index (χ2n) is 5.66. The lowest BCUT2D eigenvalue weighted by atomic mass is 9.99. The first-order chi connectivity index (χ1) is 11.6. The van der Waals surface area contributed by atoms with Gasteiger partial charge in [0.2, 0.25) is 0 Å². The van der Waals surface area contributed by atoms with Crippen LogP contribution < -0.4 is 21.2 Å². The summed E-state index contributed by atoms with van der Waals surface area (Å²) in [4.78, 5) is 11.7. The number of ether oxygens (including phenoxy) is 2. The van der Waals surface area contributed by atoms with Gasteiger partial charge in [-0.3, -0.25) is 10.2 Å². The Labute approximate surface area is 140 Å². The van der Waals surface area contributed by atoms with Crippen LogP contribution in [0.3, 0.4) is 0 Å². The van der Waals surface area contributed by atoms with Crippen molar-refractivity contribution in [1.82, 2.24) is 5.32 Å². The van der Waals surface area contributed by atoms with Gasteiger partial charge >= 0.3 is 0 Å². The molecule has 0 aromatic heterocycles. The Kier molecular flexibility index (Phi) is 6.74. The van der Waals surface area contributed by atoms with Crippen molar-refractivity contribution in [2.24, 2.45) is 11.7 Å². The molecule has 0 saturated carbocycles. The number of amides is 1. The van der Waals surface area contributed by atoms with Crippen LogP contribution in [0.2, 0.25) is 0 Å². The molecule has 2 unspecified atom stereocenters. The van der Waals surface area contributed by atoms with E-state index < -0.39 is 0 Å². The van der Waals surface area contributed by atoms with E-state index in [1.165, 1.54) is 24.5 Å². The minimum atomic E-state index is -0.314. The molecule has 0 bridgehead atoms. The predicted octanol–water partition coefficient (Wildman–Crippen LogP) is -0.212. The van der Waals surface area contributed by atoms with Gasteiger partial charge in [-0.15, -0.1) is 0 Å². The molecule has 24 heavy (non-hydrogen) atoms. The zero-order valence-corrected chi connectivity index (χ0v) is 13.4. The van der Waals surface area contributed by atoms with E-state index in [9.17, 15) is 9.18 Å². The van der Waals surface area contributed by atoms with E-state index in [2.05, 4.69) is 5.32 Å². The first-order valence-corrected chi connectivity index (χ1v) is 7.87. The summed E-state index contributed by atoms with van der Waals surface area (Å²) in [6.45, 7) is 1.49. The van der Waals surface area contributed by atoms with Gasteiger partial charge in [0.25, 0.3) is 5.91 Å². The molecule has 1 saturated heterocycles. The smallest absolute Gasteiger partial charge is 0.258 e. The predicted molar refractivity (Wildman–Crippen MR) is 87.6 cm³/mol. The highest BCUT2D eigenvalue weighted by Gasteiger charge is 2.23. The zero-order valence-electron chi connectivity index (χ0n) is 13.4. The van der Waals surface area contributed by atoms with E-state index in [1.54, 1.807) is 12.1 Å². The Bertz CT molecular complexity index is 581. The highest BCUT2D eigenvalue weighted by molar-refractivity contribution is 6.10. The number of benzene rings is 1. The van der Waals surface area contributed by atoms with Crippen LogP contribution >= 0.6 is 0 Å². The van der Waals surface area contributed by atoms with Crippen LogP contribution in [-0.4, -0.2) is 38.0 Å². The first-order valence-electron chi connectivity index (χ1n) is 7.87. The SMILES string of the molecule is NC=C(C=[NH2+])C(=O)NCC1CCC(COc2ccc(F)cc2)CO1. The number of nitrogens with two attached hydrogens (primary N) is 2. The second-order valence-corrected chi connectivity index (χ2v) is 5.66. The summed E-state index contributed by atoms with van der Waals surface area (Å²) in [6, 6.07) is 5.95. The van der Waals surface area contributed by atoms with E-state index in [-0.39, 0.29) is 29.3 Å². The lowest BCUT2D eigenvalue weighted by Gasteiger charge is -2.29. The third kappa shape index (κ3) is 5.34. The second kappa shape index (κ2) is 9.02. The van der Waals surface area contributed by atoms with Gasteiger partial charge in [0.1, 0.15) is 17.1 Å². The van der Waals surface area contributed by atoms with Crippen molar-refractivity contribution in [2.75, 3.05) is 19.8 Å². The fourth-order valence-electron chi connectivity index (χ4n) is 2.41. The summed E-state index contributed by atoms with van der Waals surface area (Å²) in [5, 5.41) is 8.04. The fourth-order valence-corrected chi connectivity index (χ4v) is 2.41. The molecule has 6 nitrogen and oxygen atoms in total. The van der Waals surface area contributed by atoms with Gasteiger partial charge in [0.05, 0.1) is 19.3 Å². The number of halogens is 1. The number of carbonyl (C=O) groups excluding carboxylic acids is 1. The molecular formula is C17H23FN3O3+. The van der Waals surface area contributed by atoms with Crippen LogP contribution in [0.15, 0.2) is 36.0 Å². The van der Waals surface area contributed by atoms with E-state index in [1.807, 2.05) is 0 Å². The molecule has 1 aliphatic heterocycles. The van der Waals surface area contributed by atoms with E-state index in [0.717, 1.165) is 12.8 Å². The van der Waals surface area contributed by atoms with Gasteiger partial charge in [0, 0.05) is 18.7 Å². The Morgan fingerprint density at radius 1 is 1.42 bits per heavy atom. The molecule has 5 N–H and O–H groups in total. The summed E-state index contributed by atoms with van der Waals surface area (Å²) >= 11 is 0. The molecule has 1 amide bonds. The highest BCUT2D eigenvalue weighted by Crippen LogP contribution is 2.20. The van der Waals surface area contributed by atoms with Crippen LogP contribution in [0.5, 0.6) is 5.75 Å². The van der Waals surface area contributed by atoms with Crippen molar-refractivity contribution in [3.05, 3.63) is 41.9 Å². The lowest BCUT2D eigenvalue weighted by Crippen LogP contribution is -2.41. The number of hydrogen-bond acceptors (Lipinski definition) is 4. The van der Waals surface area contributed by atoms with E-state index in [4.69, 9.17) is 20.6 Å². The maximum absolute atomic E-state index is 12.8. The molecule has 0 aliphatic carbocycles. The van der Waals surface area contributed by atoms with Gasteiger partial charge in [-0.2, -0.15) is 0 Å². The number of nitrogens with one attached hydrogen (secondary N) is 1. The third-order valence-corrected chi connectivity index (χ3v) is 3.88. The molecular weight excluding hydrogens is 313 g/mol. The maximum Gasteiger partial charge on any atom is 0.258 e. The van der Waals surface area contributed by atoms with Crippen LogP contribution in [-0.2, 0) is 9.53 Å². The minimum absolute atomic E-state index is 0.0344. The normalized spacial score (nSPS) is 21.1. The molecule has 2 atom stereocenters. The average Bonchev–Trinajstić information content (AvgIpc) is 2.61. The Morgan fingerprint density at radius 3 is 2.75 bits per heavy atom. The largest absolute Gasteiger partial charge is 0.493 e. The van der Waals surface area contributed by atoms with Crippen LogP contribution in [0, 0.1) is 11.7 Å². The fraction of sp³-hybridized carbons (Fsp3) is 0.412. The van der Waals surface area contributed by atoms with Crippen molar-refractivity contribution in [3.63, 3.8) is 0 Å². The summed E-state index contributed by atoms with van der Waals surface area (Å²) in [7, 11) is 0. The first kappa shape index (κ1) is 17.9. The monoisotopic (exact) mass is 336 g/mol. The van der Waals surface area contributed by atoms with Crippen LogP contribution in [0.25, 0.3) is 0 Å². The van der Waals surface area contributed by atoms with Gasteiger partial charge in [-0.25, -0.2) is 4.39 Å². The molecule has 2 rings (SSSR count). The molecule has 1 aliphatic rings. The van der Waals surface area contributed by atoms with Crippen molar-refractivity contribution >= 4 is 12.1 Å². The Morgan fingerprint density at radius 2 is 2.17 bits per heavy atom. The number of hydrogen-bond donors (Lipinski definition) is 3. The number of carbonyl (C=O) groups is 1. The zero-order chi connectivity index (χ0) is 17.4. The topological polar surface area (TPSA) is 99.2 Å². The van der Waals surface area contributed by atoms with Crippen molar-refractivity contribution in [1.29, 1.82) is 0 Å². The van der Waals surface area contributed by atoms with E-state index >= 15 is 0 Å². The number of rotatable bonds is 7. The summed E-state index contributed by atoms with van der Waals surface area (Å²) < 4.78 is 24.2. The molecule has 1 aromatic rings. The Balaban J connectivity index is 1.67. The summed E-state index contributed by atoms with van der Waals surface area (Å²) in [5.41, 5.74) is 5.53.